The summed E-state index contributed by atoms with van der Waals surface area (Å²) in [4.78, 5) is 17.2. The standard InChI is InChI=1S/C19H31N5O3/c1-13(2)24-12-15(25)11-16(24)18-21-20-17-3-6-22(7-8-23(17)18)19(26)14-4-9-27-10-5-14/h13-16,25H,3-12H2,1-2H3/t15-,16+/m1/s1. The first-order valence-corrected chi connectivity index (χ1v) is 10.3. The molecular weight excluding hydrogens is 346 g/mol. The van der Waals surface area contributed by atoms with Gasteiger partial charge in [0.2, 0.25) is 5.91 Å². The van der Waals surface area contributed by atoms with Crippen LogP contribution in [0.3, 0.4) is 0 Å². The highest BCUT2D eigenvalue weighted by atomic mass is 16.5. The quantitative estimate of drug-likeness (QED) is 0.831. The molecule has 0 radical (unpaired) electrons. The van der Waals surface area contributed by atoms with E-state index in [1.807, 2.05) is 4.90 Å². The van der Waals surface area contributed by atoms with Gasteiger partial charge in [0.1, 0.15) is 5.82 Å². The molecule has 2 fully saturated rings. The van der Waals surface area contributed by atoms with Gasteiger partial charge in [-0.1, -0.05) is 0 Å². The van der Waals surface area contributed by atoms with E-state index < -0.39 is 0 Å². The number of carbonyl (C=O) groups is 1. The number of hydrogen-bond donors (Lipinski definition) is 1. The van der Waals surface area contributed by atoms with Gasteiger partial charge in [-0.2, -0.15) is 0 Å². The highest BCUT2D eigenvalue weighted by molar-refractivity contribution is 5.79. The molecule has 0 unspecified atom stereocenters. The maximum Gasteiger partial charge on any atom is 0.225 e. The zero-order valence-corrected chi connectivity index (χ0v) is 16.4. The molecule has 2 atom stereocenters. The molecule has 3 aliphatic rings. The maximum atomic E-state index is 12.9. The Labute approximate surface area is 160 Å². The molecule has 150 valence electrons. The van der Waals surface area contributed by atoms with Crippen LogP contribution in [0.25, 0.3) is 0 Å². The second-order valence-electron chi connectivity index (χ2n) is 8.28. The average molecular weight is 377 g/mol. The van der Waals surface area contributed by atoms with Crippen molar-refractivity contribution in [2.45, 2.75) is 64.3 Å². The third-order valence-electron chi connectivity index (χ3n) is 6.22. The Morgan fingerprint density at radius 3 is 2.70 bits per heavy atom. The zero-order chi connectivity index (χ0) is 19.0. The molecule has 2 saturated heterocycles. The van der Waals surface area contributed by atoms with E-state index in [-0.39, 0.29) is 24.0 Å². The van der Waals surface area contributed by atoms with Crippen molar-refractivity contribution in [2.75, 3.05) is 32.8 Å². The third-order valence-corrected chi connectivity index (χ3v) is 6.22. The van der Waals surface area contributed by atoms with Crippen LogP contribution in [0, 0.1) is 5.92 Å². The van der Waals surface area contributed by atoms with Crippen LogP contribution in [0.2, 0.25) is 0 Å². The molecule has 27 heavy (non-hydrogen) atoms. The first kappa shape index (κ1) is 18.8. The minimum absolute atomic E-state index is 0.0963. The first-order valence-electron chi connectivity index (χ1n) is 10.3. The van der Waals surface area contributed by atoms with Gasteiger partial charge in [0, 0.05) is 57.8 Å². The summed E-state index contributed by atoms with van der Waals surface area (Å²) in [5, 5.41) is 19.1. The molecule has 1 amide bonds. The number of aliphatic hydroxyl groups is 1. The van der Waals surface area contributed by atoms with Gasteiger partial charge in [-0.3, -0.25) is 9.69 Å². The Hall–Kier alpha value is -1.51. The number of rotatable bonds is 3. The molecule has 0 aliphatic carbocycles. The van der Waals surface area contributed by atoms with E-state index in [2.05, 4.69) is 33.5 Å². The van der Waals surface area contributed by atoms with Gasteiger partial charge in [-0.25, -0.2) is 0 Å². The number of carbonyl (C=O) groups excluding carboxylic acids is 1. The molecular formula is C19H31N5O3. The minimum Gasteiger partial charge on any atom is -0.392 e. The van der Waals surface area contributed by atoms with E-state index in [4.69, 9.17) is 4.74 Å². The smallest absolute Gasteiger partial charge is 0.225 e. The number of nitrogens with zero attached hydrogens (tertiary/aromatic N) is 5. The molecule has 4 heterocycles. The van der Waals surface area contributed by atoms with Crippen molar-refractivity contribution in [1.29, 1.82) is 0 Å². The van der Waals surface area contributed by atoms with Gasteiger partial charge >= 0.3 is 0 Å². The van der Waals surface area contributed by atoms with E-state index in [0.29, 0.717) is 45.3 Å². The zero-order valence-electron chi connectivity index (χ0n) is 16.4. The van der Waals surface area contributed by atoms with Crippen molar-refractivity contribution in [2.24, 2.45) is 5.92 Å². The number of aliphatic hydroxyl groups excluding tert-OH is 1. The summed E-state index contributed by atoms with van der Waals surface area (Å²) in [5.74, 6) is 2.26. The summed E-state index contributed by atoms with van der Waals surface area (Å²) in [6.45, 7) is 8.49. The van der Waals surface area contributed by atoms with Crippen molar-refractivity contribution in [3.8, 4) is 0 Å². The molecule has 1 aromatic rings. The fourth-order valence-electron chi connectivity index (χ4n) is 4.68. The summed E-state index contributed by atoms with van der Waals surface area (Å²) in [6.07, 6.45) is 2.77. The van der Waals surface area contributed by atoms with E-state index >= 15 is 0 Å². The van der Waals surface area contributed by atoms with E-state index in [1.165, 1.54) is 0 Å². The van der Waals surface area contributed by atoms with Crippen LogP contribution in [0.1, 0.15) is 50.8 Å². The van der Waals surface area contributed by atoms with Gasteiger partial charge in [0.15, 0.2) is 5.82 Å². The lowest BCUT2D eigenvalue weighted by molar-refractivity contribution is -0.138. The van der Waals surface area contributed by atoms with Crippen LogP contribution in [-0.2, 0) is 22.5 Å². The highest BCUT2D eigenvalue weighted by Gasteiger charge is 2.38. The fourth-order valence-corrected chi connectivity index (χ4v) is 4.68. The molecule has 8 nitrogen and oxygen atoms in total. The molecule has 4 rings (SSSR count). The van der Waals surface area contributed by atoms with Crippen LogP contribution in [0.5, 0.6) is 0 Å². The Bertz CT molecular complexity index is 670. The van der Waals surface area contributed by atoms with Crippen molar-refractivity contribution < 1.29 is 14.6 Å². The molecule has 1 N–H and O–H groups in total. The molecule has 3 aliphatic heterocycles. The van der Waals surface area contributed by atoms with E-state index in [0.717, 1.165) is 37.5 Å². The Morgan fingerprint density at radius 2 is 1.96 bits per heavy atom. The van der Waals surface area contributed by atoms with Crippen molar-refractivity contribution in [1.82, 2.24) is 24.6 Å². The lowest BCUT2D eigenvalue weighted by atomic mass is 9.98. The fraction of sp³-hybridized carbons (Fsp3) is 0.842. The van der Waals surface area contributed by atoms with Crippen LogP contribution in [0.15, 0.2) is 0 Å². The predicted molar refractivity (Wildman–Crippen MR) is 99.1 cm³/mol. The maximum absolute atomic E-state index is 12.9. The summed E-state index contributed by atoms with van der Waals surface area (Å²) in [6, 6.07) is 0.441. The number of aromatic nitrogens is 3. The molecule has 0 aromatic carbocycles. The van der Waals surface area contributed by atoms with Gasteiger partial charge in [0.25, 0.3) is 0 Å². The minimum atomic E-state index is -0.317. The third kappa shape index (κ3) is 3.75. The van der Waals surface area contributed by atoms with Crippen LogP contribution in [0.4, 0.5) is 0 Å². The highest BCUT2D eigenvalue weighted by Crippen LogP contribution is 2.33. The van der Waals surface area contributed by atoms with Crippen LogP contribution in [-0.4, -0.2) is 80.6 Å². The molecule has 0 saturated carbocycles. The van der Waals surface area contributed by atoms with Gasteiger partial charge < -0.3 is 19.3 Å². The monoisotopic (exact) mass is 377 g/mol. The normalized spacial score (nSPS) is 27.8. The Balaban J connectivity index is 1.48. The van der Waals surface area contributed by atoms with Gasteiger partial charge in [-0.05, 0) is 33.1 Å². The number of hydrogen-bond acceptors (Lipinski definition) is 6. The van der Waals surface area contributed by atoms with Gasteiger partial charge in [0.05, 0.1) is 12.1 Å². The predicted octanol–water partition coefficient (Wildman–Crippen LogP) is 0.606. The Kier molecular flexibility index (Phi) is 5.48. The lowest BCUT2D eigenvalue weighted by Crippen LogP contribution is -2.40. The van der Waals surface area contributed by atoms with Crippen molar-refractivity contribution in [3.05, 3.63) is 11.6 Å². The number of β-amino-alcohol motifs (C(OH)–C–C–N with tert-alkyl or cyclic N) is 1. The summed E-state index contributed by atoms with van der Waals surface area (Å²) in [7, 11) is 0. The van der Waals surface area contributed by atoms with E-state index in [1.54, 1.807) is 0 Å². The molecule has 0 spiro atoms. The summed E-state index contributed by atoms with van der Waals surface area (Å²) in [5.41, 5.74) is 0. The molecule has 8 heteroatoms. The number of fused-ring (bicyclic) bond motifs is 1. The lowest BCUT2D eigenvalue weighted by Gasteiger charge is -2.29. The number of likely N-dealkylation sites (tertiary alicyclic amines) is 1. The second kappa shape index (κ2) is 7.85. The van der Waals surface area contributed by atoms with Crippen LogP contribution >= 0.6 is 0 Å². The second-order valence-corrected chi connectivity index (χ2v) is 8.28. The molecule has 0 bridgehead atoms. The van der Waals surface area contributed by atoms with E-state index in [9.17, 15) is 9.90 Å². The summed E-state index contributed by atoms with van der Waals surface area (Å²) >= 11 is 0. The largest absolute Gasteiger partial charge is 0.392 e. The molecule has 1 aromatic heterocycles. The average Bonchev–Trinajstić information content (AvgIpc) is 3.19. The van der Waals surface area contributed by atoms with Gasteiger partial charge in [-0.15, -0.1) is 10.2 Å². The number of ether oxygens (including phenoxy) is 1. The topological polar surface area (TPSA) is 83.7 Å². The SMILES string of the molecule is CC(C)N1C[C@H](O)C[C@H]1c1nnc2n1CCN(C(=O)C1CCOCC1)CC2. The Morgan fingerprint density at radius 1 is 1.19 bits per heavy atom. The summed E-state index contributed by atoms with van der Waals surface area (Å²) < 4.78 is 7.58. The first-order chi connectivity index (χ1) is 13.0. The van der Waals surface area contributed by atoms with Crippen LogP contribution < -0.4 is 0 Å². The van der Waals surface area contributed by atoms with Crippen molar-refractivity contribution >= 4 is 5.91 Å². The number of amides is 1. The van der Waals surface area contributed by atoms with Crippen molar-refractivity contribution in [3.63, 3.8) is 0 Å².